The minimum Gasteiger partial charge on any atom is -0.382 e. The van der Waals surface area contributed by atoms with Gasteiger partial charge >= 0.3 is 0 Å². The number of carbonyl (C=O) groups is 1. The van der Waals surface area contributed by atoms with Crippen LogP contribution in [-0.2, 0) is 17.6 Å². The molecule has 0 atom stereocenters. The Balaban J connectivity index is 1.35. The van der Waals surface area contributed by atoms with Gasteiger partial charge in [-0.1, -0.05) is 24.3 Å². The summed E-state index contributed by atoms with van der Waals surface area (Å²) in [6, 6.07) is 9.90. The van der Waals surface area contributed by atoms with E-state index in [0.29, 0.717) is 12.2 Å². The van der Waals surface area contributed by atoms with Crippen molar-refractivity contribution in [3.63, 3.8) is 0 Å². The maximum atomic E-state index is 13.2. The lowest BCUT2D eigenvalue weighted by Crippen LogP contribution is -2.66. The minimum atomic E-state index is -0.173. The van der Waals surface area contributed by atoms with Gasteiger partial charge in [0.25, 0.3) is 0 Å². The van der Waals surface area contributed by atoms with Crippen LogP contribution in [0.4, 0.5) is 11.5 Å². The van der Waals surface area contributed by atoms with Crippen LogP contribution in [0.2, 0.25) is 0 Å². The van der Waals surface area contributed by atoms with Gasteiger partial charge in [0.15, 0.2) is 11.6 Å². The van der Waals surface area contributed by atoms with E-state index in [4.69, 9.17) is 16.2 Å². The van der Waals surface area contributed by atoms with E-state index in [0.717, 1.165) is 55.1 Å². The molecular formula is C24H26N6O2. The predicted molar refractivity (Wildman–Crippen MR) is 122 cm³/mol. The molecular weight excluding hydrogens is 404 g/mol. The molecule has 2 fully saturated rings. The van der Waals surface area contributed by atoms with E-state index in [1.54, 1.807) is 18.6 Å². The molecule has 0 saturated carbocycles. The summed E-state index contributed by atoms with van der Waals surface area (Å²) in [4.78, 5) is 28.5. The van der Waals surface area contributed by atoms with Crippen molar-refractivity contribution in [3.05, 3.63) is 65.7 Å². The van der Waals surface area contributed by atoms with Crippen molar-refractivity contribution in [2.75, 3.05) is 43.5 Å². The SMILES string of the molecule is NCCc1ccc(-c2cnc(N)c(C(=O)Cc3cnccc3N3CC4(COC4)C3)n2)cc1. The minimum absolute atomic E-state index is 0.137. The molecule has 0 radical (unpaired) electrons. The van der Waals surface area contributed by atoms with Crippen molar-refractivity contribution < 1.29 is 9.53 Å². The zero-order valence-corrected chi connectivity index (χ0v) is 17.8. The lowest BCUT2D eigenvalue weighted by Gasteiger charge is -2.56. The Hall–Kier alpha value is -3.36. The fourth-order valence-electron chi connectivity index (χ4n) is 4.38. The highest BCUT2D eigenvalue weighted by atomic mass is 16.5. The van der Waals surface area contributed by atoms with Gasteiger partial charge in [-0.15, -0.1) is 0 Å². The maximum absolute atomic E-state index is 13.2. The molecule has 4 heterocycles. The van der Waals surface area contributed by atoms with Gasteiger partial charge in [0.2, 0.25) is 0 Å². The number of aromatic nitrogens is 3. The molecule has 5 rings (SSSR count). The summed E-state index contributed by atoms with van der Waals surface area (Å²) in [5.74, 6) is -0.0356. The first kappa shape index (κ1) is 20.5. The van der Waals surface area contributed by atoms with E-state index in [1.807, 2.05) is 30.3 Å². The van der Waals surface area contributed by atoms with Crippen molar-refractivity contribution in [3.8, 4) is 11.3 Å². The van der Waals surface area contributed by atoms with Crippen LogP contribution >= 0.6 is 0 Å². The number of anilines is 2. The number of rotatable bonds is 7. The van der Waals surface area contributed by atoms with Crippen molar-refractivity contribution >= 4 is 17.3 Å². The van der Waals surface area contributed by atoms with E-state index in [1.165, 1.54) is 0 Å². The van der Waals surface area contributed by atoms with Gasteiger partial charge in [-0.05, 0) is 24.6 Å². The molecule has 2 saturated heterocycles. The molecule has 2 aliphatic heterocycles. The molecule has 0 aliphatic carbocycles. The number of carbonyl (C=O) groups excluding carboxylic acids is 1. The Bertz CT molecular complexity index is 1140. The van der Waals surface area contributed by atoms with Crippen molar-refractivity contribution in [1.82, 2.24) is 15.0 Å². The second-order valence-corrected chi connectivity index (χ2v) is 8.68. The first-order valence-corrected chi connectivity index (χ1v) is 10.8. The quantitative estimate of drug-likeness (QED) is 0.545. The number of nitrogens with zero attached hydrogens (tertiary/aromatic N) is 4. The highest BCUT2D eigenvalue weighted by Gasteiger charge is 2.49. The Morgan fingerprint density at radius 2 is 1.91 bits per heavy atom. The molecule has 2 aliphatic rings. The fraction of sp³-hybridized carbons (Fsp3) is 0.333. The highest BCUT2D eigenvalue weighted by molar-refractivity contribution is 6.00. The smallest absolute Gasteiger partial charge is 0.189 e. The Morgan fingerprint density at radius 3 is 2.59 bits per heavy atom. The van der Waals surface area contributed by atoms with Crippen molar-refractivity contribution in [1.29, 1.82) is 0 Å². The molecule has 2 aromatic heterocycles. The molecule has 8 heteroatoms. The molecule has 8 nitrogen and oxygen atoms in total. The van der Waals surface area contributed by atoms with E-state index >= 15 is 0 Å². The van der Waals surface area contributed by atoms with Gasteiger partial charge in [0.1, 0.15) is 5.69 Å². The monoisotopic (exact) mass is 430 g/mol. The average Bonchev–Trinajstić information content (AvgIpc) is 2.74. The van der Waals surface area contributed by atoms with Crippen LogP contribution in [0.25, 0.3) is 11.3 Å². The number of benzene rings is 1. The average molecular weight is 431 g/mol. The normalized spacial score (nSPS) is 16.5. The summed E-state index contributed by atoms with van der Waals surface area (Å²) in [7, 11) is 0. The zero-order chi connectivity index (χ0) is 22.1. The topological polar surface area (TPSA) is 120 Å². The standard InChI is InChI=1S/C24H26N6O2/c25-7-5-16-1-3-17(4-2-16)19-11-28-23(26)22(29-19)21(31)9-18-10-27-8-6-20(18)30-12-24(13-30)14-32-15-24/h1-4,6,8,10-11H,5,7,9,12-15,25H2,(H2,26,28). The van der Waals surface area contributed by atoms with Crippen LogP contribution < -0.4 is 16.4 Å². The molecule has 4 N–H and O–H groups in total. The third-order valence-corrected chi connectivity index (χ3v) is 6.19. The van der Waals surface area contributed by atoms with Gasteiger partial charge in [-0.3, -0.25) is 9.78 Å². The van der Waals surface area contributed by atoms with Crippen LogP contribution in [0, 0.1) is 5.41 Å². The van der Waals surface area contributed by atoms with Gasteiger partial charge in [0, 0.05) is 48.7 Å². The van der Waals surface area contributed by atoms with Crippen LogP contribution in [0.5, 0.6) is 0 Å². The van der Waals surface area contributed by atoms with Crippen LogP contribution in [0.15, 0.2) is 48.9 Å². The van der Waals surface area contributed by atoms with Gasteiger partial charge in [0.05, 0.1) is 30.5 Å². The number of pyridine rings is 1. The Morgan fingerprint density at radius 1 is 1.12 bits per heavy atom. The lowest BCUT2D eigenvalue weighted by atomic mass is 9.77. The summed E-state index contributed by atoms with van der Waals surface area (Å²) >= 11 is 0. The molecule has 32 heavy (non-hydrogen) atoms. The number of Topliss-reactive ketones (excluding diaryl/α,β-unsaturated/α-hetero) is 1. The second-order valence-electron chi connectivity index (χ2n) is 8.68. The number of ketones is 1. The Labute approximate surface area is 186 Å². The van der Waals surface area contributed by atoms with Crippen LogP contribution in [0.1, 0.15) is 21.6 Å². The molecule has 1 spiro atoms. The number of nitrogen functional groups attached to an aromatic ring is 1. The summed E-state index contributed by atoms with van der Waals surface area (Å²) < 4.78 is 5.37. The van der Waals surface area contributed by atoms with E-state index < -0.39 is 0 Å². The van der Waals surface area contributed by atoms with Crippen molar-refractivity contribution in [2.24, 2.45) is 11.1 Å². The maximum Gasteiger partial charge on any atom is 0.189 e. The fourth-order valence-corrected chi connectivity index (χ4v) is 4.38. The molecule has 0 bridgehead atoms. The lowest BCUT2D eigenvalue weighted by molar-refractivity contribution is -0.127. The van der Waals surface area contributed by atoms with E-state index in [-0.39, 0.29) is 29.1 Å². The second kappa shape index (κ2) is 8.29. The van der Waals surface area contributed by atoms with Crippen molar-refractivity contribution in [2.45, 2.75) is 12.8 Å². The van der Waals surface area contributed by atoms with Gasteiger partial charge in [-0.25, -0.2) is 9.97 Å². The van der Waals surface area contributed by atoms with E-state index in [2.05, 4.69) is 19.9 Å². The molecule has 3 aromatic rings. The first-order chi connectivity index (χ1) is 15.6. The predicted octanol–water partition coefficient (Wildman–Crippen LogP) is 1.88. The molecule has 0 unspecified atom stereocenters. The van der Waals surface area contributed by atoms with Crippen LogP contribution in [0.3, 0.4) is 0 Å². The van der Waals surface area contributed by atoms with Gasteiger partial charge < -0.3 is 21.1 Å². The van der Waals surface area contributed by atoms with Gasteiger partial charge in [-0.2, -0.15) is 0 Å². The first-order valence-electron chi connectivity index (χ1n) is 10.8. The third kappa shape index (κ3) is 3.83. The zero-order valence-electron chi connectivity index (χ0n) is 17.8. The summed E-state index contributed by atoms with van der Waals surface area (Å²) in [5, 5.41) is 0. The Kier molecular flexibility index (Phi) is 5.32. The number of hydrogen-bond donors (Lipinski definition) is 2. The number of hydrogen-bond acceptors (Lipinski definition) is 8. The van der Waals surface area contributed by atoms with Crippen LogP contribution in [-0.4, -0.2) is 53.6 Å². The summed E-state index contributed by atoms with van der Waals surface area (Å²) in [5.41, 5.74) is 16.7. The summed E-state index contributed by atoms with van der Waals surface area (Å²) in [6.45, 7) is 4.11. The largest absolute Gasteiger partial charge is 0.382 e. The third-order valence-electron chi connectivity index (χ3n) is 6.19. The molecule has 164 valence electrons. The number of nitrogens with two attached hydrogens (primary N) is 2. The van der Waals surface area contributed by atoms with E-state index in [9.17, 15) is 4.79 Å². The number of ether oxygens (including phenoxy) is 1. The molecule has 0 amide bonds. The highest BCUT2D eigenvalue weighted by Crippen LogP contribution is 2.41. The summed E-state index contributed by atoms with van der Waals surface area (Å²) in [6.07, 6.45) is 6.09. The molecule has 1 aromatic carbocycles.